The molecule has 0 unspecified atom stereocenters. The number of carbonyl (C=O) groups is 2. The van der Waals surface area contributed by atoms with Gasteiger partial charge in [-0.1, -0.05) is 55.5 Å². The zero-order valence-corrected chi connectivity index (χ0v) is 17.4. The van der Waals surface area contributed by atoms with E-state index in [1.165, 1.54) is 29.2 Å². The van der Waals surface area contributed by atoms with Crippen molar-refractivity contribution in [2.75, 3.05) is 10.1 Å². The Morgan fingerprint density at radius 2 is 1.47 bits per heavy atom. The van der Waals surface area contributed by atoms with Gasteiger partial charge in [0.25, 0.3) is 0 Å². The van der Waals surface area contributed by atoms with Crippen LogP contribution in [0.3, 0.4) is 0 Å². The molecular weight excluding hydrogens is 404 g/mol. The second-order valence-electron chi connectivity index (χ2n) is 8.78. The van der Waals surface area contributed by atoms with E-state index in [-0.39, 0.29) is 28.6 Å². The van der Waals surface area contributed by atoms with Crippen molar-refractivity contribution in [2.45, 2.75) is 24.7 Å². The van der Waals surface area contributed by atoms with Crippen LogP contribution in [0.15, 0.2) is 72.8 Å². The van der Waals surface area contributed by atoms with Gasteiger partial charge >= 0.3 is 0 Å². The Kier molecular flexibility index (Phi) is 3.91. The fraction of sp³-hybridized carbons (Fsp3) is 0.231. The van der Waals surface area contributed by atoms with Gasteiger partial charge in [-0.3, -0.25) is 14.8 Å². The molecule has 1 fully saturated rings. The highest BCUT2D eigenvalue weighted by Crippen LogP contribution is 2.65. The summed E-state index contributed by atoms with van der Waals surface area (Å²) >= 11 is 0. The van der Waals surface area contributed by atoms with E-state index in [0.717, 1.165) is 22.3 Å². The monoisotopic (exact) mass is 425 g/mol. The molecule has 2 bridgehead atoms. The summed E-state index contributed by atoms with van der Waals surface area (Å²) in [4.78, 5) is 29.0. The fourth-order valence-corrected chi connectivity index (χ4v) is 6.51. The van der Waals surface area contributed by atoms with E-state index in [1.54, 1.807) is 0 Å². The molecule has 1 heterocycles. The highest BCUT2D eigenvalue weighted by atomic mass is 16.8. The fourth-order valence-electron chi connectivity index (χ4n) is 6.51. The minimum atomic E-state index is -0.565. The highest BCUT2D eigenvalue weighted by Gasteiger charge is 2.67. The molecule has 6 heteroatoms. The smallest absolute Gasteiger partial charge is 0.238 e. The molecule has 2 atom stereocenters. The normalized spacial score (nSPS) is 27.2. The lowest BCUT2D eigenvalue weighted by Gasteiger charge is -2.54. The second-order valence-corrected chi connectivity index (χ2v) is 8.78. The first-order valence-electron chi connectivity index (χ1n) is 10.8. The lowest BCUT2D eigenvalue weighted by Crippen LogP contribution is -2.53. The molecule has 32 heavy (non-hydrogen) atoms. The number of benzene rings is 3. The first kappa shape index (κ1) is 19.2. The molecule has 1 saturated heterocycles. The zero-order valence-electron chi connectivity index (χ0n) is 17.4. The average Bonchev–Trinajstić information content (AvgIpc) is 3.10. The van der Waals surface area contributed by atoms with Crippen LogP contribution >= 0.6 is 0 Å². The largest absolute Gasteiger partial charge is 0.733 e. The molecule has 6 nitrogen and oxygen atoms in total. The van der Waals surface area contributed by atoms with Crippen molar-refractivity contribution < 1.29 is 14.8 Å². The third-order valence-electron chi connectivity index (χ3n) is 7.68. The maximum Gasteiger partial charge on any atom is 0.238 e. The van der Waals surface area contributed by atoms with E-state index in [0.29, 0.717) is 12.1 Å². The quantitative estimate of drug-likeness (QED) is 0.499. The number of hydrogen-bond donors (Lipinski definition) is 1. The Morgan fingerprint density at radius 1 is 0.906 bits per heavy atom. The number of rotatable bonds is 3. The van der Waals surface area contributed by atoms with Crippen LogP contribution in [-0.2, 0) is 15.0 Å². The molecule has 1 aliphatic heterocycles. The van der Waals surface area contributed by atoms with Gasteiger partial charge in [-0.2, -0.15) is 0 Å². The Bertz CT molecular complexity index is 1220. The second kappa shape index (κ2) is 6.51. The molecule has 0 spiro atoms. The van der Waals surface area contributed by atoms with E-state index >= 15 is 0 Å². The minimum Gasteiger partial charge on any atom is -0.733 e. The van der Waals surface area contributed by atoms with Crippen LogP contribution in [0.1, 0.15) is 41.5 Å². The van der Waals surface area contributed by atoms with Crippen LogP contribution in [0.5, 0.6) is 0 Å². The molecule has 7 rings (SSSR count). The van der Waals surface area contributed by atoms with Gasteiger partial charge in [-0.25, -0.2) is 4.90 Å². The minimum absolute atomic E-state index is 0.0372. The summed E-state index contributed by atoms with van der Waals surface area (Å²) in [6, 6.07) is 22.3. The van der Waals surface area contributed by atoms with Crippen LogP contribution in [0, 0.1) is 17.0 Å². The highest BCUT2D eigenvalue weighted by molar-refractivity contribution is 6.23. The van der Waals surface area contributed by atoms with Crippen LogP contribution in [0.4, 0.5) is 11.4 Å². The molecule has 3 aromatic carbocycles. The summed E-state index contributed by atoms with van der Waals surface area (Å²) in [5.74, 6) is -1.53. The molecule has 1 N–H and O–H groups in total. The van der Waals surface area contributed by atoms with Gasteiger partial charge in [-0.05, 0) is 52.9 Å². The Morgan fingerprint density at radius 3 is 2.00 bits per heavy atom. The van der Waals surface area contributed by atoms with Crippen molar-refractivity contribution in [3.8, 4) is 0 Å². The van der Waals surface area contributed by atoms with Gasteiger partial charge in [0, 0.05) is 11.3 Å². The molecular formula is C26H21N2O4-. The van der Waals surface area contributed by atoms with Crippen LogP contribution in [0.25, 0.3) is 0 Å². The molecule has 4 aliphatic rings. The SMILES string of the molecule is CCC12c3ccccc3C(c3ccccc31)[C@@H]1C(=O)N(c3ccc(N([O-])O)cc3)C(=O)[C@@H]12. The van der Waals surface area contributed by atoms with Crippen molar-refractivity contribution in [3.05, 3.63) is 100 Å². The Labute approximate surface area is 185 Å². The topological polar surface area (TPSA) is 83.9 Å². The van der Waals surface area contributed by atoms with Gasteiger partial charge in [0.05, 0.1) is 23.2 Å². The van der Waals surface area contributed by atoms with E-state index < -0.39 is 17.3 Å². The summed E-state index contributed by atoms with van der Waals surface area (Å²) in [5.41, 5.74) is 4.45. The summed E-state index contributed by atoms with van der Waals surface area (Å²) in [7, 11) is 0. The van der Waals surface area contributed by atoms with Crippen LogP contribution in [-0.4, -0.2) is 17.0 Å². The number of carbonyl (C=O) groups excluding carboxylic acids is 2. The summed E-state index contributed by atoms with van der Waals surface area (Å²) in [6.45, 7) is 2.09. The standard InChI is InChI=1S/C26H21N2O4/c1-2-26-19-9-5-3-7-17(19)21(18-8-4-6-10-20(18)26)22-23(26)25(30)27(24(22)29)15-11-13-16(14-12-15)28(31)32/h3-14,21-23,31H,2H2,1H3/q-1/t21?,22-,23+,26?/m0/s1. The number of nitrogens with zero attached hydrogens (tertiary/aromatic N) is 2. The lowest BCUT2D eigenvalue weighted by atomic mass is 9.46. The Hall–Kier alpha value is -3.48. The van der Waals surface area contributed by atoms with E-state index in [9.17, 15) is 14.8 Å². The van der Waals surface area contributed by atoms with Gasteiger partial charge in [0.2, 0.25) is 11.8 Å². The van der Waals surface area contributed by atoms with E-state index in [1.807, 2.05) is 24.3 Å². The molecule has 0 radical (unpaired) electrons. The molecule has 0 aromatic heterocycles. The van der Waals surface area contributed by atoms with Gasteiger partial charge in [0.1, 0.15) is 0 Å². The van der Waals surface area contributed by atoms with Crippen LogP contribution in [0.2, 0.25) is 0 Å². The van der Waals surface area contributed by atoms with Crippen molar-refractivity contribution in [1.82, 2.24) is 0 Å². The number of amides is 2. The summed E-state index contributed by atoms with van der Waals surface area (Å²) < 4.78 is 0. The van der Waals surface area contributed by atoms with Crippen molar-refractivity contribution in [3.63, 3.8) is 0 Å². The third kappa shape index (κ3) is 2.16. The van der Waals surface area contributed by atoms with Crippen molar-refractivity contribution in [1.29, 1.82) is 0 Å². The first-order chi connectivity index (χ1) is 15.5. The lowest BCUT2D eigenvalue weighted by molar-refractivity contribution is -0.123. The number of imide groups is 1. The third-order valence-corrected chi connectivity index (χ3v) is 7.68. The molecule has 2 amide bonds. The number of anilines is 2. The van der Waals surface area contributed by atoms with E-state index in [4.69, 9.17) is 5.21 Å². The first-order valence-corrected chi connectivity index (χ1v) is 10.8. The van der Waals surface area contributed by atoms with Crippen LogP contribution < -0.4 is 10.1 Å². The predicted molar refractivity (Wildman–Crippen MR) is 119 cm³/mol. The number of hydrogen-bond acceptors (Lipinski definition) is 5. The maximum atomic E-state index is 13.9. The zero-order chi connectivity index (χ0) is 22.2. The van der Waals surface area contributed by atoms with E-state index in [2.05, 4.69) is 31.2 Å². The average molecular weight is 425 g/mol. The van der Waals surface area contributed by atoms with Gasteiger partial charge < -0.3 is 10.4 Å². The molecule has 3 aliphatic carbocycles. The molecule has 3 aromatic rings. The van der Waals surface area contributed by atoms with Gasteiger partial charge in [-0.15, -0.1) is 0 Å². The van der Waals surface area contributed by atoms with Crippen molar-refractivity contribution >= 4 is 23.2 Å². The maximum absolute atomic E-state index is 13.9. The van der Waals surface area contributed by atoms with Crippen molar-refractivity contribution in [2.24, 2.45) is 11.8 Å². The predicted octanol–water partition coefficient (Wildman–Crippen LogP) is 4.34. The summed E-state index contributed by atoms with van der Waals surface area (Å²) in [6.07, 6.45) is 0.705. The summed E-state index contributed by atoms with van der Waals surface area (Å²) in [5, 5.41) is 20.1. The van der Waals surface area contributed by atoms with Gasteiger partial charge in [0.15, 0.2) is 0 Å². The molecule has 160 valence electrons. The molecule has 0 saturated carbocycles. The Balaban J connectivity index is 1.57.